The van der Waals surface area contributed by atoms with Gasteiger partial charge in [0.1, 0.15) is 0 Å². The maximum Gasteiger partial charge on any atom is 0.303 e. The van der Waals surface area contributed by atoms with Gasteiger partial charge in [-0.25, -0.2) is 13.5 Å². The number of aromatic nitrogens is 2. The van der Waals surface area contributed by atoms with Crippen LogP contribution < -0.4 is 10.4 Å². The second-order valence-electron chi connectivity index (χ2n) is 6.46. The topological polar surface area (TPSA) is 92.3 Å². The van der Waals surface area contributed by atoms with Crippen LogP contribution in [0.3, 0.4) is 0 Å². The molecule has 0 amide bonds. The van der Waals surface area contributed by atoms with E-state index in [1.165, 1.54) is 29.9 Å². The van der Waals surface area contributed by atoms with E-state index in [1.807, 2.05) is 0 Å². The van der Waals surface area contributed by atoms with E-state index in [1.54, 1.807) is 26.1 Å². The van der Waals surface area contributed by atoms with Crippen LogP contribution >= 0.6 is 0 Å². The van der Waals surface area contributed by atoms with Gasteiger partial charge in [0.05, 0.1) is 42.9 Å². The van der Waals surface area contributed by atoms with E-state index in [2.05, 4.69) is 21.7 Å². The van der Waals surface area contributed by atoms with E-state index >= 15 is 0 Å². The molecule has 0 bridgehead atoms. The molecule has 1 atom stereocenters. The maximum atomic E-state index is 14.5. The summed E-state index contributed by atoms with van der Waals surface area (Å²) in [6, 6.07) is 1.63. The first-order valence-corrected chi connectivity index (χ1v) is 8.94. The molecule has 1 unspecified atom stereocenters. The quantitative estimate of drug-likeness (QED) is 0.574. The highest BCUT2D eigenvalue weighted by Gasteiger charge is 2.49. The summed E-state index contributed by atoms with van der Waals surface area (Å²) in [5.41, 5.74) is 1.74. The number of hydrogen-bond donors (Lipinski definition) is 1. The van der Waals surface area contributed by atoms with Gasteiger partial charge in [-0.2, -0.15) is 5.10 Å². The second-order valence-corrected chi connectivity index (χ2v) is 6.46. The minimum absolute atomic E-state index is 0.118. The van der Waals surface area contributed by atoms with Crippen LogP contribution in [0.2, 0.25) is 0 Å². The first-order chi connectivity index (χ1) is 13.7. The molecule has 0 spiro atoms. The normalized spacial score (nSPS) is 20.1. The van der Waals surface area contributed by atoms with Crippen molar-refractivity contribution in [3.05, 3.63) is 29.9 Å². The molecule has 10 heteroatoms. The number of anilines is 1. The molecule has 2 rings (SSSR count). The Hall–Kier alpha value is -3.04. The molecule has 8 nitrogen and oxygen atoms in total. The number of rotatable bonds is 6. The van der Waals surface area contributed by atoms with Crippen LogP contribution in [0.1, 0.15) is 19.0 Å². The predicted molar refractivity (Wildman–Crippen MR) is 107 cm³/mol. The number of carboxylic acids is 1. The summed E-state index contributed by atoms with van der Waals surface area (Å²) in [4.78, 5) is 20.7. The Bertz CT molecular complexity index is 921. The highest BCUT2D eigenvalue weighted by Crippen LogP contribution is 2.37. The third-order valence-electron chi connectivity index (χ3n) is 4.71. The number of carbonyl (C=O) groups is 1. The number of alkyl halides is 2. The molecule has 1 aromatic rings. The van der Waals surface area contributed by atoms with Crippen LogP contribution in [0.5, 0.6) is 0 Å². The lowest BCUT2D eigenvalue weighted by Gasteiger charge is -2.21. The number of carboxylic acid groups (broad SMARTS) is 1. The fourth-order valence-corrected chi connectivity index (χ4v) is 3.37. The highest BCUT2D eigenvalue weighted by atomic mass is 19.3. The zero-order chi connectivity index (χ0) is 21.8. The van der Waals surface area contributed by atoms with E-state index in [4.69, 9.17) is 9.84 Å². The van der Waals surface area contributed by atoms with E-state index in [0.717, 1.165) is 0 Å². The average Bonchev–Trinajstić information content (AvgIpc) is 2.98. The number of allylic oxidation sites excluding steroid dienone is 1. The number of aliphatic imine (C=N–C) groups is 1. The third kappa shape index (κ3) is 4.52. The fraction of sp³-hybridized carbons (Fsp3) is 0.474. The van der Waals surface area contributed by atoms with E-state index in [0.29, 0.717) is 28.3 Å². The van der Waals surface area contributed by atoms with Crippen molar-refractivity contribution in [1.29, 1.82) is 0 Å². The van der Waals surface area contributed by atoms with Gasteiger partial charge in [0, 0.05) is 26.8 Å². The lowest BCUT2D eigenvalue weighted by atomic mass is 10.0. The van der Waals surface area contributed by atoms with Gasteiger partial charge in [0.2, 0.25) is 5.90 Å². The van der Waals surface area contributed by atoms with Crippen molar-refractivity contribution in [3.63, 3.8) is 0 Å². The van der Waals surface area contributed by atoms with Crippen LogP contribution in [-0.2, 0) is 9.53 Å². The number of ether oxygens (including phenoxy) is 1. The van der Waals surface area contributed by atoms with E-state index in [9.17, 15) is 13.6 Å². The smallest absolute Gasteiger partial charge is 0.303 e. The SMILES string of the molecule is C=Cn1nc(/C(=C/C)C(=NC)OC)cc(N2CC(CC(=O)O)C(F)(F)C2)c1=NC. The van der Waals surface area contributed by atoms with Gasteiger partial charge in [-0.05, 0) is 13.0 Å². The van der Waals surface area contributed by atoms with Gasteiger partial charge in [-0.15, -0.1) is 0 Å². The van der Waals surface area contributed by atoms with Crippen molar-refractivity contribution in [2.24, 2.45) is 15.9 Å². The molecule has 1 N–H and O–H groups in total. The van der Waals surface area contributed by atoms with Gasteiger partial charge in [0.15, 0.2) is 5.49 Å². The lowest BCUT2D eigenvalue weighted by Crippen LogP contribution is -2.33. The zero-order valence-corrected chi connectivity index (χ0v) is 16.9. The minimum atomic E-state index is -3.14. The molecule has 1 saturated heterocycles. The molecule has 1 aliphatic heterocycles. The monoisotopic (exact) mass is 409 g/mol. The number of hydrogen-bond acceptors (Lipinski definition) is 6. The van der Waals surface area contributed by atoms with Crippen LogP contribution in [-0.4, -0.2) is 67.0 Å². The van der Waals surface area contributed by atoms with Crippen molar-refractivity contribution >= 4 is 29.3 Å². The molecule has 1 fully saturated rings. The molecule has 0 saturated carbocycles. The van der Waals surface area contributed by atoms with Crippen molar-refractivity contribution in [2.75, 3.05) is 39.2 Å². The van der Waals surface area contributed by atoms with Crippen LogP contribution in [0.15, 0.2) is 28.7 Å². The first kappa shape index (κ1) is 22.3. The lowest BCUT2D eigenvalue weighted by molar-refractivity contribution is -0.141. The second kappa shape index (κ2) is 8.97. The number of methoxy groups -OCH3 is 1. The molecule has 2 heterocycles. The third-order valence-corrected chi connectivity index (χ3v) is 4.71. The molecule has 1 aliphatic rings. The summed E-state index contributed by atoms with van der Waals surface area (Å²) in [5.74, 6) is -5.36. The van der Waals surface area contributed by atoms with Crippen LogP contribution in [0.4, 0.5) is 14.5 Å². The van der Waals surface area contributed by atoms with Gasteiger partial charge < -0.3 is 14.7 Å². The molecule has 0 aromatic carbocycles. The summed E-state index contributed by atoms with van der Waals surface area (Å²) in [5, 5.41) is 13.4. The molecular formula is C19H25F2N5O3. The summed E-state index contributed by atoms with van der Waals surface area (Å²) in [6.07, 6.45) is 2.55. The fourth-order valence-electron chi connectivity index (χ4n) is 3.37. The van der Waals surface area contributed by atoms with Gasteiger partial charge in [0.25, 0.3) is 5.92 Å². The molecule has 0 aliphatic carbocycles. The molecular weight excluding hydrogens is 384 g/mol. The average molecular weight is 409 g/mol. The predicted octanol–water partition coefficient (Wildman–Crippen LogP) is 2.14. The Morgan fingerprint density at radius 2 is 2.21 bits per heavy atom. The summed E-state index contributed by atoms with van der Waals surface area (Å²) >= 11 is 0. The molecule has 158 valence electrons. The standard InChI is InChI=1S/C19H25F2N5O3/c1-6-13(18(23-4)29-5)14-9-15(17(22-3)26(7-2)24-14)25-10-12(8-16(27)28)19(20,21)11-25/h6-7,9,12H,2,8,10-11H2,1,3-5H3,(H,27,28)/b13-6-,22-17?,23-18?. The highest BCUT2D eigenvalue weighted by molar-refractivity contribution is 6.19. The van der Waals surface area contributed by atoms with Crippen molar-refractivity contribution in [1.82, 2.24) is 9.78 Å². The van der Waals surface area contributed by atoms with E-state index in [-0.39, 0.29) is 6.54 Å². The Morgan fingerprint density at radius 3 is 2.69 bits per heavy atom. The first-order valence-electron chi connectivity index (χ1n) is 8.94. The summed E-state index contributed by atoms with van der Waals surface area (Å²) in [6.45, 7) is 4.77. The Kier molecular flexibility index (Phi) is 6.89. The Balaban J connectivity index is 2.63. The van der Waals surface area contributed by atoms with Crippen LogP contribution in [0, 0.1) is 5.92 Å². The Labute approximate surface area is 167 Å². The minimum Gasteiger partial charge on any atom is -0.481 e. The van der Waals surface area contributed by atoms with Crippen LogP contribution in [0.25, 0.3) is 11.8 Å². The Morgan fingerprint density at radius 1 is 1.52 bits per heavy atom. The largest absolute Gasteiger partial charge is 0.481 e. The number of nitrogens with zero attached hydrogens (tertiary/aromatic N) is 5. The van der Waals surface area contributed by atoms with Crippen molar-refractivity contribution < 1.29 is 23.4 Å². The molecule has 0 radical (unpaired) electrons. The number of aliphatic carboxylic acids is 1. The summed E-state index contributed by atoms with van der Waals surface area (Å²) in [7, 11) is 4.56. The molecule has 1 aromatic heterocycles. The van der Waals surface area contributed by atoms with Gasteiger partial charge in [-0.1, -0.05) is 12.7 Å². The zero-order valence-electron chi connectivity index (χ0n) is 16.9. The maximum absolute atomic E-state index is 14.5. The van der Waals surface area contributed by atoms with Crippen molar-refractivity contribution in [2.45, 2.75) is 19.3 Å². The number of halogens is 2. The van der Waals surface area contributed by atoms with Crippen molar-refractivity contribution in [3.8, 4) is 0 Å². The molecule has 29 heavy (non-hydrogen) atoms. The van der Waals surface area contributed by atoms with E-state index < -0.39 is 30.8 Å². The van der Waals surface area contributed by atoms with Gasteiger partial charge in [-0.3, -0.25) is 14.8 Å². The van der Waals surface area contributed by atoms with Gasteiger partial charge >= 0.3 is 5.97 Å². The summed E-state index contributed by atoms with van der Waals surface area (Å²) < 4.78 is 35.6.